The lowest BCUT2D eigenvalue weighted by Crippen LogP contribution is -2.39. The summed E-state index contributed by atoms with van der Waals surface area (Å²) < 4.78 is 0. The van der Waals surface area contributed by atoms with Crippen molar-refractivity contribution in [3.63, 3.8) is 0 Å². The minimum Gasteiger partial charge on any atom is -0.332 e. The van der Waals surface area contributed by atoms with E-state index >= 15 is 0 Å². The molecule has 0 aliphatic heterocycles. The van der Waals surface area contributed by atoms with Gasteiger partial charge in [-0.15, -0.1) is 0 Å². The van der Waals surface area contributed by atoms with E-state index in [2.05, 4.69) is 29.7 Å². The standard InChI is InChI=1S/C17H24N2OS/c1-11-9-12(2)15(13(3)10-11)18-17(21)19-16(20)14-7-5-4-6-8-14/h9-10,14H,4-8H2,1-3H3,(H2,18,19,20,21). The first-order valence-electron chi connectivity index (χ1n) is 7.67. The third-order valence-corrected chi connectivity index (χ3v) is 4.33. The lowest BCUT2D eigenvalue weighted by Gasteiger charge is -2.21. The molecule has 1 aromatic rings. The molecular formula is C17H24N2OS. The van der Waals surface area contributed by atoms with Crippen molar-refractivity contribution in [1.29, 1.82) is 0 Å². The van der Waals surface area contributed by atoms with Gasteiger partial charge in [0.1, 0.15) is 0 Å². The van der Waals surface area contributed by atoms with Gasteiger partial charge in [0.2, 0.25) is 5.91 Å². The van der Waals surface area contributed by atoms with Crippen LogP contribution in [-0.2, 0) is 4.79 Å². The van der Waals surface area contributed by atoms with E-state index in [-0.39, 0.29) is 11.8 Å². The van der Waals surface area contributed by atoms with Crippen LogP contribution in [0.2, 0.25) is 0 Å². The minimum absolute atomic E-state index is 0.0645. The van der Waals surface area contributed by atoms with Gasteiger partial charge < -0.3 is 10.6 Å². The number of thiocarbonyl (C=S) groups is 1. The van der Waals surface area contributed by atoms with E-state index in [1.54, 1.807) is 0 Å². The number of amides is 1. The Hall–Kier alpha value is -1.42. The van der Waals surface area contributed by atoms with E-state index in [4.69, 9.17) is 12.2 Å². The fourth-order valence-electron chi connectivity index (χ4n) is 3.10. The number of benzene rings is 1. The van der Waals surface area contributed by atoms with Gasteiger partial charge in [-0.1, -0.05) is 37.0 Å². The van der Waals surface area contributed by atoms with Gasteiger partial charge in [0.15, 0.2) is 5.11 Å². The molecule has 0 spiro atoms. The molecule has 0 aromatic heterocycles. The van der Waals surface area contributed by atoms with Crippen LogP contribution in [0.4, 0.5) is 5.69 Å². The lowest BCUT2D eigenvalue weighted by molar-refractivity contribution is -0.124. The van der Waals surface area contributed by atoms with E-state index in [9.17, 15) is 4.79 Å². The summed E-state index contributed by atoms with van der Waals surface area (Å²) in [7, 11) is 0. The van der Waals surface area contributed by atoms with Crippen molar-refractivity contribution in [2.75, 3.05) is 5.32 Å². The summed E-state index contributed by atoms with van der Waals surface area (Å²) in [5.74, 6) is 0.188. The molecule has 0 heterocycles. The van der Waals surface area contributed by atoms with Gasteiger partial charge in [0.05, 0.1) is 0 Å². The Labute approximate surface area is 132 Å². The van der Waals surface area contributed by atoms with Crippen LogP contribution in [0.5, 0.6) is 0 Å². The van der Waals surface area contributed by atoms with Crippen LogP contribution in [0.3, 0.4) is 0 Å². The highest BCUT2D eigenvalue weighted by atomic mass is 32.1. The van der Waals surface area contributed by atoms with Crippen LogP contribution >= 0.6 is 12.2 Å². The van der Waals surface area contributed by atoms with Gasteiger partial charge in [-0.25, -0.2) is 0 Å². The molecule has 2 rings (SSSR count). The van der Waals surface area contributed by atoms with Crippen molar-refractivity contribution in [1.82, 2.24) is 5.32 Å². The first-order valence-corrected chi connectivity index (χ1v) is 8.08. The molecule has 1 aliphatic rings. The molecule has 0 bridgehead atoms. The Bertz CT molecular complexity index is 525. The number of anilines is 1. The molecule has 1 amide bonds. The summed E-state index contributed by atoms with van der Waals surface area (Å²) in [6.07, 6.45) is 5.51. The maximum atomic E-state index is 12.2. The molecule has 2 N–H and O–H groups in total. The second-order valence-electron chi connectivity index (χ2n) is 6.05. The van der Waals surface area contributed by atoms with Gasteiger partial charge in [-0.05, 0) is 57.0 Å². The van der Waals surface area contributed by atoms with E-state index in [0.29, 0.717) is 5.11 Å². The van der Waals surface area contributed by atoms with Crippen LogP contribution in [-0.4, -0.2) is 11.0 Å². The highest BCUT2D eigenvalue weighted by Crippen LogP contribution is 2.24. The van der Waals surface area contributed by atoms with Crippen LogP contribution in [0, 0.1) is 26.7 Å². The summed E-state index contributed by atoms with van der Waals surface area (Å²) in [4.78, 5) is 12.2. The first kappa shape index (κ1) is 16.0. The molecule has 1 aromatic carbocycles. The monoisotopic (exact) mass is 304 g/mol. The predicted octanol–water partition coefficient (Wildman–Crippen LogP) is 4.01. The van der Waals surface area contributed by atoms with E-state index in [0.717, 1.165) is 42.5 Å². The normalized spacial score (nSPS) is 15.6. The summed E-state index contributed by atoms with van der Waals surface area (Å²) in [5.41, 5.74) is 4.51. The highest BCUT2D eigenvalue weighted by molar-refractivity contribution is 7.80. The zero-order chi connectivity index (χ0) is 15.4. The SMILES string of the molecule is Cc1cc(C)c(NC(=S)NC(=O)C2CCCCC2)c(C)c1. The van der Waals surface area contributed by atoms with Gasteiger partial charge in [0.25, 0.3) is 0 Å². The predicted molar refractivity (Wildman–Crippen MR) is 91.6 cm³/mol. The molecule has 21 heavy (non-hydrogen) atoms. The van der Waals surface area contributed by atoms with Crippen LogP contribution in [0.1, 0.15) is 48.8 Å². The lowest BCUT2D eigenvalue weighted by atomic mass is 9.89. The van der Waals surface area contributed by atoms with E-state index in [1.807, 2.05) is 13.8 Å². The van der Waals surface area contributed by atoms with Gasteiger partial charge >= 0.3 is 0 Å². The molecular weight excluding hydrogens is 280 g/mol. The molecule has 0 atom stereocenters. The summed E-state index contributed by atoms with van der Waals surface area (Å²) in [5, 5.41) is 6.43. The van der Waals surface area contributed by atoms with Gasteiger partial charge in [0, 0.05) is 11.6 Å². The maximum Gasteiger partial charge on any atom is 0.229 e. The number of carbonyl (C=O) groups is 1. The second kappa shape index (κ2) is 7.03. The molecule has 1 fully saturated rings. The van der Waals surface area contributed by atoms with Crippen molar-refractivity contribution in [3.8, 4) is 0 Å². The molecule has 1 aliphatic carbocycles. The quantitative estimate of drug-likeness (QED) is 0.811. The van der Waals surface area contributed by atoms with E-state index in [1.165, 1.54) is 12.0 Å². The number of carbonyl (C=O) groups excluding carboxylic acids is 1. The van der Waals surface area contributed by atoms with Crippen molar-refractivity contribution in [3.05, 3.63) is 28.8 Å². The molecule has 0 radical (unpaired) electrons. The summed E-state index contributed by atoms with van der Waals surface area (Å²) in [6, 6.07) is 4.22. The number of hydrogen-bond donors (Lipinski definition) is 2. The molecule has 4 heteroatoms. The number of aryl methyl sites for hydroxylation is 3. The Morgan fingerprint density at radius 1 is 1.10 bits per heavy atom. The molecule has 114 valence electrons. The first-order chi connectivity index (χ1) is 9.97. The third kappa shape index (κ3) is 4.27. The van der Waals surface area contributed by atoms with Gasteiger partial charge in [-0.3, -0.25) is 4.79 Å². The summed E-state index contributed by atoms with van der Waals surface area (Å²) >= 11 is 5.29. The van der Waals surface area contributed by atoms with Gasteiger partial charge in [-0.2, -0.15) is 0 Å². The van der Waals surface area contributed by atoms with Crippen LogP contribution in [0.15, 0.2) is 12.1 Å². The number of nitrogens with one attached hydrogen (secondary N) is 2. The Morgan fingerprint density at radius 3 is 2.24 bits per heavy atom. The van der Waals surface area contributed by atoms with Crippen molar-refractivity contribution in [2.45, 2.75) is 52.9 Å². The Morgan fingerprint density at radius 2 is 1.67 bits per heavy atom. The highest BCUT2D eigenvalue weighted by Gasteiger charge is 2.21. The largest absolute Gasteiger partial charge is 0.332 e. The smallest absolute Gasteiger partial charge is 0.229 e. The second-order valence-corrected chi connectivity index (χ2v) is 6.46. The van der Waals surface area contributed by atoms with Crippen LogP contribution < -0.4 is 10.6 Å². The fraction of sp³-hybridized carbons (Fsp3) is 0.529. The topological polar surface area (TPSA) is 41.1 Å². The Balaban J connectivity index is 1.97. The van der Waals surface area contributed by atoms with E-state index < -0.39 is 0 Å². The molecule has 0 saturated heterocycles. The average Bonchev–Trinajstić information content (AvgIpc) is 2.43. The van der Waals surface area contributed by atoms with Crippen molar-refractivity contribution < 1.29 is 4.79 Å². The zero-order valence-corrected chi connectivity index (χ0v) is 13.9. The van der Waals surface area contributed by atoms with Crippen molar-refractivity contribution in [2.24, 2.45) is 5.92 Å². The van der Waals surface area contributed by atoms with Crippen molar-refractivity contribution >= 4 is 28.9 Å². The maximum absolute atomic E-state index is 12.2. The number of hydrogen-bond acceptors (Lipinski definition) is 2. The average molecular weight is 304 g/mol. The molecule has 0 unspecified atom stereocenters. The Kier molecular flexibility index (Phi) is 5.34. The van der Waals surface area contributed by atoms with Crippen LogP contribution in [0.25, 0.3) is 0 Å². The fourth-order valence-corrected chi connectivity index (χ4v) is 3.30. The third-order valence-electron chi connectivity index (χ3n) is 4.13. The zero-order valence-electron chi connectivity index (χ0n) is 13.1. The number of rotatable bonds is 2. The summed E-state index contributed by atoms with van der Waals surface area (Å²) in [6.45, 7) is 6.18. The molecule has 3 nitrogen and oxygen atoms in total. The minimum atomic E-state index is 0.0645. The molecule has 1 saturated carbocycles.